The third kappa shape index (κ3) is 4.28. The maximum absolute atomic E-state index is 12.2. The second kappa shape index (κ2) is 8.95. The minimum Gasteiger partial charge on any atom is -0.478 e. The highest BCUT2D eigenvalue weighted by atomic mass is 32.2. The van der Waals surface area contributed by atoms with E-state index < -0.39 is 10.9 Å². The Labute approximate surface area is 204 Å². The van der Waals surface area contributed by atoms with E-state index in [0.717, 1.165) is 5.57 Å². The maximum atomic E-state index is 12.2. The lowest BCUT2D eigenvalue weighted by atomic mass is 9.80. The molecule has 1 atom stereocenters. The molecule has 0 spiro atoms. The van der Waals surface area contributed by atoms with Gasteiger partial charge in [0.1, 0.15) is 6.33 Å². The molecule has 2 aromatic heterocycles. The molecule has 1 aliphatic rings. The topological polar surface area (TPSA) is 124 Å². The highest BCUT2D eigenvalue weighted by Crippen LogP contribution is 2.40. The molecule has 5 rings (SSSR count). The molecule has 0 aliphatic heterocycles. The number of aryl methyl sites for hydroxylation is 1. The third-order valence-electron chi connectivity index (χ3n) is 6.02. The summed E-state index contributed by atoms with van der Waals surface area (Å²) in [5.74, 6) is -0.773. The molecule has 10 heteroatoms. The van der Waals surface area contributed by atoms with Crippen LogP contribution in [0, 0.1) is 16.0 Å². The molecule has 9 nitrogen and oxygen atoms in total. The van der Waals surface area contributed by atoms with E-state index in [4.69, 9.17) is 4.98 Å². The van der Waals surface area contributed by atoms with Gasteiger partial charge in [-0.1, -0.05) is 31.2 Å². The molecule has 4 aromatic rings. The summed E-state index contributed by atoms with van der Waals surface area (Å²) in [5, 5.41) is 30.8. The van der Waals surface area contributed by atoms with Gasteiger partial charge in [0.25, 0.3) is 5.69 Å². The largest absolute Gasteiger partial charge is 0.478 e. The van der Waals surface area contributed by atoms with Crippen molar-refractivity contribution in [3.05, 3.63) is 81.3 Å². The van der Waals surface area contributed by atoms with Crippen molar-refractivity contribution in [3.63, 3.8) is 0 Å². The van der Waals surface area contributed by atoms with Crippen LogP contribution in [0.15, 0.2) is 58.8 Å². The van der Waals surface area contributed by atoms with Crippen LogP contribution in [0.25, 0.3) is 22.6 Å². The van der Waals surface area contributed by atoms with E-state index in [2.05, 4.69) is 17.1 Å². The molecule has 0 fully saturated rings. The Bertz CT molecular complexity index is 1530. The van der Waals surface area contributed by atoms with Gasteiger partial charge in [-0.15, -0.1) is 10.2 Å². The maximum Gasteiger partial charge on any atom is 0.336 e. The Balaban J connectivity index is 1.63. The molecule has 2 aromatic carbocycles. The monoisotopic (exact) mass is 487 g/mol. The summed E-state index contributed by atoms with van der Waals surface area (Å²) in [5.41, 5.74) is 3.75. The lowest BCUT2D eigenvalue weighted by Crippen LogP contribution is -2.17. The fourth-order valence-corrected chi connectivity index (χ4v) is 5.35. The summed E-state index contributed by atoms with van der Waals surface area (Å²) in [6, 6.07) is 12.3. The Kier molecular flexibility index (Phi) is 5.81. The second-order valence-corrected chi connectivity index (χ2v) is 9.64. The average molecular weight is 488 g/mol. The van der Waals surface area contributed by atoms with Crippen molar-refractivity contribution in [1.29, 1.82) is 0 Å². The van der Waals surface area contributed by atoms with Crippen LogP contribution < -0.4 is 0 Å². The van der Waals surface area contributed by atoms with Gasteiger partial charge in [-0.2, -0.15) is 0 Å². The van der Waals surface area contributed by atoms with Crippen molar-refractivity contribution < 1.29 is 14.8 Å². The summed E-state index contributed by atoms with van der Waals surface area (Å²) in [4.78, 5) is 29.0. The summed E-state index contributed by atoms with van der Waals surface area (Å²) in [6.45, 7) is 2.07. The van der Waals surface area contributed by atoms with E-state index in [1.54, 1.807) is 29.8 Å². The first-order chi connectivity index (χ1) is 16.8. The van der Waals surface area contributed by atoms with Crippen LogP contribution >= 0.6 is 11.8 Å². The number of allylic oxidation sites excluding steroid dienone is 1. The zero-order valence-electron chi connectivity index (χ0n) is 19.0. The van der Waals surface area contributed by atoms with Gasteiger partial charge in [-0.25, -0.2) is 9.78 Å². The van der Waals surface area contributed by atoms with Crippen LogP contribution in [-0.2, 0) is 13.5 Å². The molecule has 0 saturated heterocycles. The quantitative estimate of drug-likeness (QED) is 0.299. The molecule has 0 bridgehead atoms. The zero-order valence-corrected chi connectivity index (χ0v) is 19.8. The van der Waals surface area contributed by atoms with E-state index in [0.29, 0.717) is 50.6 Å². The Morgan fingerprint density at radius 2 is 2.06 bits per heavy atom. The average Bonchev–Trinajstić information content (AvgIpc) is 3.22. The van der Waals surface area contributed by atoms with E-state index >= 15 is 0 Å². The predicted molar refractivity (Wildman–Crippen MR) is 132 cm³/mol. The van der Waals surface area contributed by atoms with Gasteiger partial charge in [0.15, 0.2) is 5.16 Å². The van der Waals surface area contributed by atoms with E-state index in [-0.39, 0.29) is 17.2 Å². The highest BCUT2D eigenvalue weighted by molar-refractivity contribution is 7.99. The molecular formula is C25H21N5O4S. The molecule has 1 N–H and O–H groups in total. The van der Waals surface area contributed by atoms with Crippen molar-refractivity contribution in [2.45, 2.75) is 29.8 Å². The number of nitrogens with zero attached hydrogens (tertiary/aromatic N) is 5. The van der Waals surface area contributed by atoms with Crippen LogP contribution in [0.4, 0.5) is 5.69 Å². The van der Waals surface area contributed by atoms with Crippen molar-refractivity contribution in [2.24, 2.45) is 13.0 Å². The van der Waals surface area contributed by atoms with Crippen molar-refractivity contribution >= 4 is 46.0 Å². The number of carboxylic acids is 1. The molecule has 0 saturated carbocycles. The van der Waals surface area contributed by atoms with Crippen LogP contribution in [0.3, 0.4) is 0 Å². The molecule has 176 valence electrons. The summed E-state index contributed by atoms with van der Waals surface area (Å²) >= 11 is 1.18. The predicted octanol–water partition coefficient (Wildman–Crippen LogP) is 5.24. The van der Waals surface area contributed by atoms with Gasteiger partial charge in [0.05, 0.1) is 26.6 Å². The molecule has 0 radical (unpaired) electrons. The lowest BCUT2D eigenvalue weighted by molar-refractivity contribution is -0.387. The zero-order chi connectivity index (χ0) is 24.7. The summed E-state index contributed by atoms with van der Waals surface area (Å²) in [6.07, 6.45) is 4.72. The lowest BCUT2D eigenvalue weighted by Gasteiger charge is -2.26. The first-order valence-electron chi connectivity index (χ1n) is 11.0. The van der Waals surface area contributed by atoms with E-state index in [1.807, 2.05) is 24.3 Å². The van der Waals surface area contributed by atoms with Gasteiger partial charge < -0.3 is 9.67 Å². The number of carbonyl (C=O) groups is 1. The number of para-hydroxylation sites is 1. The van der Waals surface area contributed by atoms with E-state index in [1.165, 1.54) is 24.2 Å². The van der Waals surface area contributed by atoms with Crippen molar-refractivity contribution in [2.75, 3.05) is 0 Å². The standard InChI is InChI=1S/C25H21N5O4S/c1-14-9-16(23-18(10-14)22(24(31)32)17-5-3-4-6-19(17)27-23)11-15-7-8-21(20(12-15)30(33)34)35-25-28-26-13-29(25)2/h3-8,11-14H,9-10H2,1-2H3,(H,31,32)/b16-11-/t14-/m1/s1. The van der Waals surface area contributed by atoms with Crippen LogP contribution in [0.5, 0.6) is 0 Å². The Morgan fingerprint density at radius 3 is 2.77 bits per heavy atom. The van der Waals surface area contributed by atoms with Gasteiger partial charge in [-0.05, 0) is 65.4 Å². The van der Waals surface area contributed by atoms with E-state index in [9.17, 15) is 20.0 Å². The van der Waals surface area contributed by atoms with Crippen molar-refractivity contribution in [1.82, 2.24) is 19.7 Å². The number of fused-ring (bicyclic) bond motifs is 2. The Hall–Kier alpha value is -4.05. The van der Waals surface area contributed by atoms with Crippen LogP contribution in [0.1, 0.15) is 40.5 Å². The van der Waals surface area contributed by atoms with Crippen LogP contribution in [0.2, 0.25) is 0 Å². The first-order valence-corrected chi connectivity index (χ1v) is 11.8. The number of nitro groups is 1. The summed E-state index contributed by atoms with van der Waals surface area (Å²) < 4.78 is 1.70. The SMILES string of the molecule is C[C@@H]1C/C(=C/c2ccc(Sc3nncn3C)c([N+](=O)[O-])c2)c2nc3ccccc3c(C(=O)O)c2C1. The normalized spacial score (nSPS) is 16.4. The fourth-order valence-electron chi connectivity index (χ4n) is 4.50. The number of benzene rings is 2. The van der Waals surface area contributed by atoms with Crippen LogP contribution in [-0.4, -0.2) is 35.7 Å². The number of aromatic nitrogens is 4. The minimum absolute atomic E-state index is 0.0332. The Morgan fingerprint density at radius 1 is 1.26 bits per heavy atom. The number of hydrogen-bond acceptors (Lipinski definition) is 7. The molecule has 0 unspecified atom stereocenters. The van der Waals surface area contributed by atoms with Gasteiger partial charge in [0, 0.05) is 18.5 Å². The van der Waals surface area contributed by atoms with Crippen molar-refractivity contribution in [3.8, 4) is 0 Å². The second-order valence-electron chi connectivity index (χ2n) is 8.63. The molecule has 2 heterocycles. The molecular weight excluding hydrogens is 466 g/mol. The summed E-state index contributed by atoms with van der Waals surface area (Å²) in [7, 11) is 1.77. The third-order valence-corrected chi connectivity index (χ3v) is 7.14. The number of hydrogen-bond donors (Lipinski definition) is 1. The number of aromatic carboxylic acids is 1. The molecule has 0 amide bonds. The highest BCUT2D eigenvalue weighted by Gasteiger charge is 2.28. The van der Waals surface area contributed by atoms with Gasteiger partial charge >= 0.3 is 5.97 Å². The molecule has 35 heavy (non-hydrogen) atoms. The number of rotatable bonds is 5. The smallest absolute Gasteiger partial charge is 0.336 e. The minimum atomic E-state index is -0.978. The van der Waals surface area contributed by atoms with Gasteiger partial charge in [0.2, 0.25) is 0 Å². The number of nitro benzene ring substituents is 1. The fraction of sp³-hybridized carbons (Fsp3) is 0.200. The molecule has 1 aliphatic carbocycles. The van der Waals surface area contributed by atoms with Gasteiger partial charge in [-0.3, -0.25) is 10.1 Å². The first kappa shape index (κ1) is 22.7. The number of pyridine rings is 1. The number of carboxylic acid groups (broad SMARTS) is 1.